The van der Waals surface area contributed by atoms with Crippen LogP contribution in [0.1, 0.15) is 5.69 Å². The van der Waals surface area contributed by atoms with Gasteiger partial charge >= 0.3 is 6.03 Å². The van der Waals surface area contributed by atoms with Crippen LogP contribution in [0.3, 0.4) is 0 Å². The number of rotatable bonds is 2. The lowest BCUT2D eigenvalue weighted by molar-refractivity contribution is 0.174. The molecular formula is C15H13N5O3. The standard InChI is InChI=1S/C15H13N5O3/c1-9-4-14-16-6-11(7-20(14)19-9)18-15(21)17-10-2-3-12-13(5-10)23-8-22-12/h2-7H,8H2,1H3,(H2,17,18,21). The smallest absolute Gasteiger partial charge is 0.323 e. The average molecular weight is 311 g/mol. The van der Waals surface area contributed by atoms with Gasteiger partial charge in [-0.15, -0.1) is 0 Å². The van der Waals surface area contributed by atoms with Crippen LogP contribution in [-0.4, -0.2) is 27.4 Å². The molecule has 0 saturated carbocycles. The van der Waals surface area contributed by atoms with Gasteiger partial charge in [-0.25, -0.2) is 14.3 Å². The van der Waals surface area contributed by atoms with Crippen molar-refractivity contribution in [3.05, 3.63) is 42.4 Å². The van der Waals surface area contributed by atoms with Gasteiger partial charge in [0.15, 0.2) is 17.1 Å². The zero-order chi connectivity index (χ0) is 15.8. The molecule has 1 aliphatic rings. The Morgan fingerprint density at radius 2 is 2.00 bits per heavy atom. The molecule has 23 heavy (non-hydrogen) atoms. The summed E-state index contributed by atoms with van der Waals surface area (Å²) in [7, 11) is 0. The van der Waals surface area contributed by atoms with E-state index in [1.54, 1.807) is 35.1 Å². The molecule has 0 spiro atoms. The third-order valence-electron chi connectivity index (χ3n) is 3.32. The molecule has 0 atom stereocenters. The summed E-state index contributed by atoms with van der Waals surface area (Å²) in [6.45, 7) is 2.08. The average Bonchev–Trinajstić information content (AvgIpc) is 3.11. The van der Waals surface area contributed by atoms with Gasteiger partial charge < -0.3 is 20.1 Å². The van der Waals surface area contributed by atoms with Gasteiger partial charge in [-0.2, -0.15) is 5.10 Å². The number of aromatic nitrogens is 3. The quantitative estimate of drug-likeness (QED) is 0.758. The van der Waals surface area contributed by atoms with Crippen LogP contribution in [-0.2, 0) is 0 Å². The Morgan fingerprint density at radius 3 is 2.91 bits per heavy atom. The van der Waals surface area contributed by atoms with E-state index in [2.05, 4.69) is 20.7 Å². The molecule has 3 aromatic rings. The van der Waals surface area contributed by atoms with Gasteiger partial charge in [0.05, 0.1) is 23.8 Å². The van der Waals surface area contributed by atoms with Gasteiger partial charge in [0.2, 0.25) is 6.79 Å². The first kappa shape index (κ1) is 13.4. The molecule has 8 heteroatoms. The maximum Gasteiger partial charge on any atom is 0.323 e. The number of fused-ring (bicyclic) bond motifs is 2. The maximum absolute atomic E-state index is 12.1. The summed E-state index contributed by atoms with van der Waals surface area (Å²) in [5.41, 5.74) is 2.73. The normalized spacial score (nSPS) is 12.4. The van der Waals surface area contributed by atoms with Crippen LogP contribution < -0.4 is 20.1 Å². The minimum atomic E-state index is -0.381. The molecule has 2 amide bonds. The summed E-state index contributed by atoms with van der Waals surface area (Å²) in [5.74, 6) is 1.28. The molecule has 0 radical (unpaired) electrons. The number of nitrogens with zero attached hydrogens (tertiary/aromatic N) is 3. The van der Waals surface area contributed by atoms with E-state index in [0.717, 1.165) is 11.3 Å². The summed E-state index contributed by atoms with van der Waals surface area (Å²) in [6, 6.07) is 6.68. The number of carbonyl (C=O) groups is 1. The van der Waals surface area contributed by atoms with E-state index in [-0.39, 0.29) is 12.8 Å². The maximum atomic E-state index is 12.1. The lowest BCUT2D eigenvalue weighted by Crippen LogP contribution is -2.19. The Labute approximate surface area is 131 Å². The zero-order valence-electron chi connectivity index (χ0n) is 12.2. The van der Waals surface area contributed by atoms with E-state index in [1.165, 1.54) is 0 Å². The van der Waals surface area contributed by atoms with Crippen LogP contribution in [0.25, 0.3) is 5.65 Å². The van der Waals surface area contributed by atoms with Crippen LogP contribution in [0, 0.1) is 6.92 Å². The summed E-state index contributed by atoms with van der Waals surface area (Å²) in [4.78, 5) is 16.3. The number of ether oxygens (including phenoxy) is 2. The monoisotopic (exact) mass is 311 g/mol. The molecular weight excluding hydrogens is 298 g/mol. The number of aryl methyl sites for hydroxylation is 1. The number of amides is 2. The van der Waals surface area contributed by atoms with E-state index in [4.69, 9.17) is 9.47 Å². The fourth-order valence-corrected chi connectivity index (χ4v) is 2.33. The zero-order valence-corrected chi connectivity index (χ0v) is 12.2. The molecule has 116 valence electrons. The Bertz CT molecular complexity index is 905. The number of anilines is 2. The van der Waals surface area contributed by atoms with Crippen molar-refractivity contribution in [1.29, 1.82) is 0 Å². The fourth-order valence-electron chi connectivity index (χ4n) is 2.33. The van der Waals surface area contributed by atoms with E-state index in [9.17, 15) is 4.79 Å². The Balaban J connectivity index is 1.48. The minimum absolute atomic E-state index is 0.194. The summed E-state index contributed by atoms with van der Waals surface area (Å²) >= 11 is 0. The van der Waals surface area contributed by atoms with Gasteiger partial charge in [0.25, 0.3) is 0 Å². The highest BCUT2D eigenvalue weighted by Crippen LogP contribution is 2.34. The summed E-state index contributed by atoms with van der Waals surface area (Å²) in [5, 5.41) is 9.70. The van der Waals surface area contributed by atoms with E-state index in [0.29, 0.717) is 22.9 Å². The van der Waals surface area contributed by atoms with Crippen molar-refractivity contribution in [1.82, 2.24) is 14.6 Å². The Morgan fingerprint density at radius 1 is 1.17 bits per heavy atom. The van der Waals surface area contributed by atoms with Crippen molar-refractivity contribution < 1.29 is 14.3 Å². The third kappa shape index (κ3) is 2.61. The first-order chi connectivity index (χ1) is 11.2. The van der Waals surface area contributed by atoms with Crippen molar-refractivity contribution in [2.75, 3.05) is 17.4 Å². The highest BCUT2D eigenvalue weighted by Gasteiger charge is 2.14. The Kier molecular flexibility index (Phi) is 3.00. The third-order valence-corrected chi connectivity index (χ3v) is 3.32. The molecule has 8 nitrogen and oxygen atoms in total. The van der Waals surface area contributed by atoms with Crippen LogP contribution >= 0.6 is 0 Å². The molecule has 4 rings (SSSR count). The number of urea groups is 1. The number of hydrogen-bond acceptors (Lipinski definition) is 5. The summed E-state index contributed by atoms with van der Waals surface area (Å²) in [6.07, 6.45) is 3.28. The second-order valence-corrected chi connectivity index (χ2v) is 5.08. The highest BCUT2D eigenvalue weighted by molar-refractivity contribution is 5.99. The molecule has 1 aliphatic heterocycles. The van der Waals surface area contributed by atoms with Crippen molar-refractivity contribution >= 4 is 23.1 Å². The van der Waals surface area contributed by atoms with Crippen molar-refractivity contribution in [3.8, 4) is 11.5 Å². The number of carbonyl (C=O) groups excluding carboxylic acids is 1. The first-order valence-electron chi connectivity index (χ1n) is 6.97. The van der Waals surface area contributed by atoms with E-state index in [1.807, 2.05) is 13.0 Å². The lowest BCUT2D eigenvalue weighted by Gasteiger charge is -2.08. The Hall–Kier alpha value is -3.29. The minimum Gasteiger partial charge on any atom is -0.454 e. The highest BCUT2D eigenvalue weighted by atomic mass is 16.7. The molecule has 0 aliphatic carbocycles. The van der Waals surface area contributed by atoms with Gasteiger partial charge in [-0.1, -0.05) is 0 Å². The van der Waals surface area contributed by atoms with Gasteiger partial charge in [0, 0.05) is 17.8 Å². The van der Waals surface area contributed by atoms with Gasteiger partial charge in [-0.3, -0.25) is 0 Å². The van der Waals surface area contributed by atoms with Crippen LogP contribution in [0.5, 0.6) is 11.5 Å². The molecule has 0 bridgehead atoms. The first-order valence-corrected chi connectivity index (χ1v) is 6.97. The molecule has 0 unspecified atom stereocenters. The van der Waals surface area contributed by atoms with E-state index >= 15 is 0 Å². The van der Waals surface area contributed by atoms with Crippen molar-refractivity contribution in [3.63, 3.8) is 0 Å². The van der Waals surface area contributed by atoms with Gasteiger partial charge in [0.1, 0.15) is 0 Å². The number of nitrogens with one attached hydrogen (secondary N) is 2. The summed E-state index contributed by atoms with van der Waals surface area (Å²) < 4.78 is 12.1. The van der Waals surface area contributed by atoms with Crippen LogP contribution in [0.4, 0.5) is 16.2 Å². The number of benzene rings is 1. The molecule has 1 aromatic carbocycles. The number of hydrogen-bond donors (Lipinski definition) is 2. The largest absolute Gasteiger partial charge is 0.454 e. The second kappa shape index (κ2) is 5.16. The topological polar surface area (TPSA) is 89.8 Å². The van der Waals surface area contributed by atoms with Crippen LogP contribution in [0.15, 0.2) is 36.7 Å². The molecule has 3 heterocycles. The molecule has 2 N–H and O–H groups in total. The fraction of sp³-hybridized carbons (Fsp3) is 0.133. The van der Waals surface area contributed by atoms with Crippen molar-refractivity contribution in [2.45, 2.75) is 6.92 Å². The van der Waals surface area contributed by atoms with Crippen LogP contribution in [0.2, 0.25) is 0 Å². The predicted octanol–water partition coefficient (Wildman–Crippen LogP) is 2.41. The predicted molar refractivity (Wildman–Crippen MR) is 82.9 cm³/mol. The second-order valence-electron chi connectivity index (χ2n) is 5.08. The van der Waals surface area contributed by atoms with E-state index < -0.39 is 0 Å². The molecule has 0 saturated heterocycles. The lowest BCUT2D eigenvalue weighted by atomic mass is 10.3. The molecule has 0 fully saturated rings. The SMILES string of the molecule is Cc1cc2ncc(NC(=O)Nc3ccc4c(c3)OCO4)cn2n1. The molecule has 2 aromatic heterocycles. The van der Waals surface area contributed by atoms with Gasteiger partial charge in [-0.05, 0) is 19.1 Å². The van der Waals surface area contributed by atoms with Crippen molar-refractivity contribution in [2.24, 2.45) is 0 Å².